The number of amides is 1. The number of carbonyl (C=O) groups is 1. The molecule has 0 radical (unpaired) electrons. The zero-order valence-electron chi connectivity index (χ0n) is 16.1. The summed E-state index contributed by atoms with van der Waals surface area (Å²) in [4.78, 5) is 13.2. The standard InChI is InChI=1S/C23H26N4O/c1-16-8-5-6-12-19(16)22-20(15-27(26-22)18-10-3-2-4-11-18)23(28)25-21-13-7-9-17(21)14-24/h2-6,8,10-12,15,17,21H,7,9,13-14,24H2,1H3,(H,25,28). The Labute approximate surface area is 165 Å². The van der Waals surface area contributed by atoms with Gasteiger partial charge < -0.3 is 11.1 Å². The Morgan fingerprint density at radius 2 is 1.89 bits per heavy atom. The van der Waals surface area contributed by atoms with Crippen molar-refractivity contribution in [3.63, 3.8) is 0 Å². The van der Waals surface area contributed by atoms with Crippen molar-refractivity contribution in [3.8, 4) is 16.9 Å². The van der Waals surface area contributed by atoms with Crippen molar-refractivity contribution in [3.05, 3.63) is 71.9 Å². The first kappa shape index (κ1) is 18.4. The molecule has 0 aliphatic heterocycles. The van der Waals surface area contributed by atoms with Crippen LogP contribution in [-0.2, 0) is 0 Å². The molecule has 2 aromatic carbocycles. The van der Waals surface area contributed by atoms with Gasteiger partial charge in [0.15, 0.2) is 0 Å². The lowest BCUT2D eigenvalue weighted by atomic mass is 10.0. The minimum absolute atomic E-state index is 0.0780. The second kappa shape index (κ2) is 7.98. The first-order valence-corrected chi connectivity index (χ1v) is 9.89. The summed E-state index contributed by atoms with van der Waals surface area (Å²) in [6, 6.07) is 18.0. The lowest BCUT2D eigenvalue weighted by molar-refractivity contribution is 0.0929. The van der Waals surface area contributed by atoms with Crippen molar-refractivity contribution in [1.29, 1.82) is 0 Å². The second-order valence-electron chi connectivity index (χ2n) is 7.49. The van der Waals surface area contributed by atoms with E-state index < -0.39 is 0 Å². The zero-order chi connectivity index (χ0) is 19.5. The summed E-state index contributed by atoms with van der Waals surface area (Å²) in [5.74, 6) is 0.279. The highest BCUT2D eigenvalue weighted by molar-refractivity contribution is 6.00. The number of carbonyl (C=O) groups excluding carboxylic acids is 1. The molecule has 5 heteroatoms. The van der Waals surface area contributed by atoms with Gasteiger partial charge in [-0.25, -0.2) is 4.68 Å². The van der Waals surface area contributed by atoms with E-state index in [0.29, 0.717) is 23.7 Å². The smallest absolute Gasteiger partial charge is 0.255 e. The van der Waals surface area contributed by atoms with Crippen LogP contribution in [0.3, 0.4) is 0 Å². The number of aromatic nitrogens is 2. The van der Waals surface area contributed by atoms with Gasteiger partial charge in [0, 0.05) is 17.8 Å². The first-order valence-electron chi connectivity index (χ1n) is 9.89. The lowest BCUT2D eigenvalue weighted by Crippen LogP contribution is -2.39. The molecule has 0 spiro atoms. The third-order valence-corrected chi connectivity index (χ3v) is 5.66. The number of nitrogens with two attached hydrogens (primary N) is 1. The van der Waals surface area contributed by atoms with Gasteiger partial charge in [0.25, 0.3) is 5.91 Å². The summed E-state index contributed by atoms with van der Waals surface area (Å²) in [5, 5.41) is 8.00. The van der Waals surface area contributed by atoms with Crippen LogP contribution in [0.25, 0.3) is 16.9 Å². The number of hydrogen-bond donors (Lipinski definition) is 2. The number of aryl methyl sites for hydroxylation is 1. The van der Waals surface area contributed by atoms with E-state index in [1.54, 1.807) is 4.68 Å². The minimum atomic E-state index is -0.0780. The fourth-order valence-corrected chi connectivity index (χ4v) is 4.05. The molecule has 1 heterocycles. The molecular weight excluding hydrogens is 348 g/mol. The monoisotopic (exact) mass is 374 g/mol. The van der Waals surface area contributed by atoms with E-state index in [2.05, 4.69) is 5.32 Å². The van der Waals surface area contributed by atoms with Crippen molar-refractivity contribution in [2.24, 2.45) is 11.7 Å². The number of rotatable bonds is 5. The Morgan fingerprint density at radius 3 is 2.64 bits per heavy atom. The van der Waals surface area contributed by atoms with Crippen LogP contribution < -0.4 is 11.1 Å². The summed E-state index contributed by atoms with van der Waals surface area (Å²) in [6.45, 7) is 2.65. The van der Waals surface area contributed by atoms with E-state index in [1.165, 1.54) is 0 Å². The van der Waals surface area contributed by atoms with Crippen LogP contribution in [0.2, 0.25) is 0 Å². The molecule has 144 valence electrons. The van der Waals surface area contributed by atoms with Crippen LogP contribution in [0.15, 0.2) is 60.8 Å². The van der Waals surface area contributed by atoms with E-state index in [4.69, 9.17) is 10.8 Å². The largest absolute Gasteiger partial charge is 0.349 e. The Balaban J connectivity index is 1.73. The van der Waals surface area contributed by atoms with Gasteiger partial charge in [-0.05, 0) is 49.9 Å². The summed E-state index contributed by atoms with van der Waals surface area (Å²) < 4.78 is 1.78. The maximum atomic E-state index is 13.2. The van der Waals surface area contributed by atoms with Gasteiger partial charge in [0.1, 0.15) is 5.69 Å². The van der Waals surface area contributed by atoms with Crippen molar-refractivity contribution >= 4 is 5.91 Å². The Kier molecular flexibility index (Phi) is 5.26. The van der Waals surface area contributed by atoms with Crippen LogP contribution in [-0.4, -0.2) is 28.3 Å². The molecule has 3 N–H and O–H groups in total. The third-order valence-electron chi connectivity index (χ3n) is 5.66. The number of para-hydroxylation sites is 1. The SMILES string of the molecule is Cc1ccccc1-c1nn(-c2ccccc2)cc1C(=O)NC1CCCC1CN. The fraction of sp³-hybridized carbons (Fsp3) is 0.304. The number of nitrogens with one attached hydrogen (secondary N) is 1. The van der Waals surface area contributed by atoms with Crippen LogP contribution in [0.5, 0.6) is 0 Å². The molecule has 1 aliphatic rings. The van der Waals surface area contributed by atoms with Crippen LogP contribution in [0.1, 0.15) is 35.2 Å². The third kappa shape index (κ3) is 3.58. The molecule has 2 atom stereocenters. The Bertz CT molecular complexity index is 964. The van der Waals surface area contributed by atoms with E-state index in [9.17, 15) is 4.79 Å². The molecule has 1 saturated carbocycles. The summed E-state index contributed by atoms with van der Waals surface area (Å²) >= 11 is 0. The highest BCUT2D eigenvalue weighted by atomic mass is 16.1. The van der Waals surface area contributed by atoms with Gasteiger partial charge in [-0.2, -0.15) is 5.10 Å². The van der Waals surface area contributed by atoms with E-state index in [1.807, 2.05) is 67.7 Å². The van der Waals surface area contributed by atoms with Gasteiger partial charge in [0.2, 0.25) is 0 Å². The van der Waals surface area contributed by atoms with E-state index >= 15 is 0 Å². The topological polar surface area (TPSA) is 72.9 Å². The number of hydrogen-bond acceptors (Lipinski definition) is 3. The Hall–Kier alpha value is -2.92. The van der Waals surface area contributed by atoms with Gasteiger partial charge in [-0.1, -0.05) is 48.9 Å². The van der Waals surface area contributed by atoms with E-state index in [0.717, 1.165) is 36.1 Å². The zero-order valence-corrected chi connectivity index (χ0v) is 16.1. The predicted molar refractivity (Wildman–Crippen MR) is 111 cm³/mol. The summed E-state index contributed by atoms with van der Waals surface area (Å²) in [6.07, 6.45) is 5.01. The normalized spacial score (nSPS) is 18.9. The second-order valence-corrected chi connectivity index (χ2v) is 7.49. The molecule has 1 amide bonds. The fourth-order valence-electron chi connectivity index (χ4n) is 4.05. The molecule has 1 aromatic heterocycles. The average molecular weight is 374 g/mol. The number of nitrogens with zero attached hydrogens (tertiary/aromatic N) is 2. The summed E-state index contributed by atoms with van der Waals surface area (Å²) in [7, 11) is 0. The first-order chi connectivity index (χ1) is 13.7. The van der Waals surface area contributed by atoms with Crippen molar-refractivity contribution < 1.29 is 4.79 Å². The molecule has 4 rings (SSSR count). The lowest BCUT2D eigenvalue weighted by Gasteiger charge is -2.19. The molecule has 3 aromatic rings. The number of benzene rings is 2. The summed E-state index contributed by atoms with van der Waals surface area (Å²) in [5.41, 5.74) is 10.2. The molecule has 0 bridgehead atoms. The van der Waals surface area contributed by atoms with Gasteiger partial charge >= 0.3 is 0 Å². The maximum Gasteiger partial charge on any atom is 0.255 e. The molecule has 2 unspecified atom stereocenters. The molecule has 28 heavy (non-hydrogen) atoms. The van der Waals surface area contributed by atoms with Crippen molar-refractivity contribution in [2.75, 3.05) is 6.54 Å². The quantitative estimate of drug-likeness (QED) is 0.715. The van der Waals surface area contributed by atoms with Gasteiger partial charge in [-0.15, -0.1) is 0 Å². The minimum Gasteiger partial charge on any atom is -0.349 e. The highest BCUT2D eigenvalue weighted by Gasteiger charge is 2.29. The van der Waals surface area contributed by atoms with Crippen LogP contribution >= 0.6 is 0 Å². The van der Waals surface area contributed by atoms with Crippen LogP contribution in [0.4, 0.5) is 0 Å². The predicted octanol–water partition coefficient (Wildman–Crippen LogP) is 3.70. The molecular formula is C23H26N4O. The van der Waals surface area contributed by atoms with Crippen LogP contribution in [0, 0.1) is 12.8 Å². The average Bonchev–Trinajstić information content (AvgIpc) is 3.36. The van der Waals surface area contributed by atoms with Crippen molar-refractivity contribution in [1.82, 2.24) is 15.1 Å². The maximum absolute atomic E-state index is 13.2. The van der Waals surface area contributed by atoms with Crippen molar-refractivity contribution in [2.45, 2.75) is 32.2 Å². The van der Waals surface area contributed by atoms with Gasteiger partial charge in [0.05, 0.1) is 11.3 Å². The molecule has 1 aliphatic carbocycles. The molecule has 0 saturated heterocycles. The van der Waals surface area contributed by atoms with Gasteiger partial charge in [-0.3, -0.25) is 4.79 Å². The molecule has 1 fully saturated rings. The highest BCUT2D eigenvalue weighted by Crippen LogP contribution is 2.29. The molecule has 5 nitrogen and oxygen atoms in total. The Morgan fingerprint density at radius 1 is 1.14 bits per heavy atom. The van der Waals surface area contributed by atoms with E-state index in [-0.39, 0.29) is 11.9 Å².